The Morgan fingerprint density at radius 3 is 2.76 bits per heavy atom. The van der Waals surface area contributed by atoms with E-state index >= 15 is 0 Å². The van der Waals surface area contributed by atoms with Crippen molar-refractivity contribution in [3.63, 3.8) is 0 Å². The minimum atomic E-state index is -0.472. The smallest absolute Gasteiger partial charge is 0.270 e. The van der Waals surface area contributed by atoms with Gasteiger partial charge in [0.1, 0.15) is 0 Å². The lowest BCUT2D eigenvalue weighted by Crippen LogP contribution is -2.21. The van der Waals surface area contributed by atoms with Crippen molar-refractivity contribution in [2.45, 2.75) is 12.7 Å². The van der Waals surface area contributed by atoms with Gasteiger partial charge in [0, 0.05) is 28.5 Å². The van der Waals surface area contributed by atoms with E-state index in [9.17, 15) is 14.9 Å². The molecule has 2 aromatic carbocycles. The average Bonchev–Trinajstić information content (AvgIpc) is 2.61. The molecule has 1 N–H and O–H groups in total. The summed E-state index contributed by atoms with van der Waals surface area (Å²) in [5.41, 5.74) is 4.48. The molecule has 0 atom stereocenters. The molecule has 0 bridgehead atoms. The monoisotopic (exact) mass is 377 g/mol. The van der Waals surface area contributed by atoms with E-state index in [0.717, 1.165) is 5.56 Å². The summed E-state index contributed by atoms with van der Waals surface area (Å²) in [5, 5.41) is 15.5. The Kier molecular flexibility index (Phi) is 6.97. The molecule has 130 valence electrons. The largest absolute Gasteiger partial charge is 0.272 e. The van der Waals surface area contributed by atoms with Crippen LogP contribution in [0.3, 0.4) is 0 Å². The Balaban J connectivity index is 1.86. The van der Waals surface area contributed by atoms with Crippen LogP contribution in [-0.4, -0.2) is 22.3 Å². The fraction of sp³-hybridized carbons (Fsp3) is 0.176. The third-order valence-electron chi connectivity index (χ3n) is 3.27. The van der Waals surface area contributed by atoms with Crippen molar-refractivity contribution in [3.8, 4) is 0 Å². The number of carbonyl (C=O) groups is 1. The normalized spacial score (nSPS) is 11.2. The Bertz CT molecular complexity index is 811. The summed E-state index contributed by atoms with van der Waals surface area (Å²) in [6, 6.07) is 13.6. The molecule has 0 spiro atoms. The van der Waals surface area contributed by atoms with Gasteiger partial charge in [-0.25, -0.2) is 5.43 Å². The van der Waals surface area contributed by atoms with Crippen LogP contribution >= 0.6 is 23.4 Å². The van der Waals surface area contributed by atoms with Crippen LogP contribution in [0, 0.1) is 10.1 Å². The van der Waals surface area contributed by atoms with E-state index in [2.05, 4.69) is 10.5 Å². The molecule has 25 heavy (non-hydrogen) atoms. The summed E-state index contributed by atoms with van der Waals surface area (Å²) in [5.74, 6) is 0.610. The van der Waals surface area contributed by atoms with Crippen LogP contribution in [0.1, 0.15) is 18.1 Å². The Morgan fingerprint density at radius 1 is 1.28 bits per heavy atom. The molecule has 1 amide bonds. The molecule has 0 saturated heterocycles. The van der Waals surface area contributed by atoms with Crippen molar-refractivity contribution in [1.82, 2.24) is 5.43 Å². The molecule has 0 heterocycles. The summed E-state index contributed by atoms with van der Waals surface area (Å²) in [6.07, 6.45) is 0. The van der Waals surface area contributed by atoms with Crippen LogP contribution < -0.4 is 5.43 Å². The number of carbonyl (C=O) groups excluding carboxylic acids is 1. The third-order valence-corrected chi connectivity index (χ3v) is 4.62. The first-order valence-corrected chi connectivity index (χ1v) is 8.89. The predicted molar refractivity (Wildman–Crippen MR) is 101 cm³/mol. The standard InChI is InChI=1S/C17H16ClN3O3S/c1-12(13-6-4-7-15(9-13)21(23)24)19-20-17(22)11-25-10-14-5-2-3-8-16(14)18/h2-9H,10-11H2,1H3,(H,20,22)/b19-12-. The molecule has 6 nitrogen and oxygen atoms in total. The lowest BCUT2D eigenvalue weighted by Gasteiger charge is -2.05. The number of hydrogen-bond acceptors (Lipinski definition) is 5. The number of hydrazone groups is 1. The number of non-ortho nitro benzene ring substituents is 1. The second kappa shape index (κ2) is 9.19. The Labute approximate surface area is 154 Å². The SMILES string of the molecule is C/C(=N/NC(=O)CSCc1ccccc1Cl)c1cccc([N+](=O)[O-])c1. The van der Waals surface area contributed by atoms with Crippen LogP contribution in [-0.2, 0) is 10.5 Å². The number of halogens is 1. The molecule has 0 aliphatic rings. The molecular weight excluding hydrogens is 362 g/mol. The number of nitrogens with zero attached hydrogens (tertiary/aromatic N) is 2. The second-order valence-electron chi connectivity index (χ2n) is 5.12. The number of nitrogens with one attached hydrogen (secondary N) is 1. The second-order valence-corrected chi connectivity index (χ2v) is 6.52. The Hall–Kier alpha value is -2.38. The summed E-state index contributed by atoms with van der Waals surface area (Å²) in [4.78, 5) is 22.2. The summed E-state index contributed by atoms with van der Waals surface area (Å²) < 4.78 is 0. The highest BCUT2D eigenvalue weighted by molar-refractivity contribution is 7.99. The lowest BCUT2D eigenvalue weighted by atomic mass is 10.1. The lowest BCUT2D eigenvalue weighted by molar-refractivity contribution is -0.384. The van der Waals surface area contributed by atoms with E-state index < -0.39 is 4.92 Å². The van der Waals surface area contributed by atoms with Crippen molar-refractivity contribution < 1.29 is 9.72 Å². The summed E-state index contributed by atoms with van der Waals surface area (Å²) in [6.45, 7) is 1.68. The number of thioether (sulfide) groups is 1. The van der Waals surface area contributed by atoms with E-state index in [4.69, 9.17) is 11.6 Å². The van der Waals surface area contributed by atoms with E-state index in [1.54, 1.807) is 19.1 Å². The zero-order valence-electron chi connectivity index (χ0n) is 13.4. The molecule has 0 aliphatic carbocycles. The fourth-order valence-corrected chi connectivity index (χ4v) is 3.06. The number of nitro groups is 1. The minimum Gasteiger partial charge on any atom is -0.272 e. The Morgan fingerprint density at radius 2 is 2.04 bits per heavy atom. The molecule has 0 aromatic heterocycles. The van der Waals surface area contributed by atoms with Gasteiger partial charge in [-0.05, 0) is 18.6 Å². The first-order valence-electron chi connectivity index (χ1n) is 7.36. The first-order chi connectivity index (χ1) is 12.0. The van der Waals surface area contributed by atoms with Gasteiger partial charge in [0.25, 0.3) is 5.69 Å². The highest BCUT2D eigenvalue weighted by Crippen LogP contribution is 2.20. The quantitative estimate of drug-likeness (QED) is 0.448. The highest BCUT2D eigenvalue weighted by Gasteiger charge is 2.08. The number of nitro benzene ring substituents is 1. The van der Waals surface area contributed by atoms with Gasteiger partial charge in [0.15, 0.2) is 0 Å². The zero-order valence-corrected chi connectivity index (χ0v) is 15.0. The molecule has 2 aromatic rings. The van der Waals surface area contributed by atoms with Gasteiger partial charge in [0.05, 0.1) is 16.4 Å². The van der Waals surface area contributed by atoms with Gasteiger partial charge in [-0.15, -0.1) is 11.8 Å². The van der Waals surface area contributed by atoms with Gasteiger partial charge < -0.3 is 0 Å². The van der Waals surface area contributed by atoms with Crippen molar-refractivity contribution in [3.05, 3.63) is 74.8 Å². The van der Waals surface area contributed by atoms with Crippen LogP contribution in [0.15, 0.2) is 53.6 Å². The molecule has 0 aliphatic heterocycles. The van der Waals surface area contributed by atoms with Crippen molar-refractivity contribution >= 4 is 40.7 Å². The van der Waals surface area contributed by atoms with Gasteiger partial charge >= 0.3 is 0 Å². The van der Waals surface area contributed by atoms with E-state index in [-0.39, 0.29) is 17.3 Å². The van der Waals surface area contributed by atoms with Gasteiger partial charge in [-0.3, -0.25) is 14.9 Å². The topological polar surface area (TPSA) is 84.6 Å². The average molecular weight is 378 g/mol. The number of hydrogen-bond donors (Lipinski definition) is 1. The highest BCUT2D eigenvalue weighted by atomic mass is 35.5. The van der Waals surface area contributed by atoms with Crippen LogP contribution in [0.25, 0.3) is 0 Å². The van der Waals surface area contributed by atoms with Gasteiger partial charge in [-0.1, -0.05) is 41.9 Å². The maximum absolute atomic E-state index is 11.8. The molecular formula is C17H16ClN3O3S. The molecule has 0 fully saturated rings. The predicted octanol–water partition coefficient (Wildman–Crippen LogP) is 4.02. The van der Waals surface area contributed by atoms with Gasteiger partial charge in [-0.2, -0.15) is 5.10 Å². The van der Waals surface area contributed by atoms with Crippen molar-refractivity contribution in [1.29, 1.82) is 0 Å². The van der Waals surface area contributed by atoms with Crippen LogP contribution in [0.4, 0.5) is 5.69 Å². The first kappa shape index (κ1) is 19.0. The van der Waals surface area contributed by atoms with E-state index in [1.807, 2.05) is 24.3 Å². The number of rotatable bonds is 7. The number of benzene rings is 2. The molecule has 2 rings (SSSR count). The summed E-state index contributed by atoms with van der Waals surface area (Å²) >= 11 is 7.49. The maximum Gasteiger partial charge on any atom is 0.270 e. The summed E-state index contributed by atoms with van der Waals surface area (Å²) in [7, 11) is 0. The molecule has 0 unspecified atom stereocenters. The van der Waals surface area contributed by atoms with Crippen molar-refractivity contribution in [2.75, 3.05) is 5.75 Å². The molecule has 0 radical (unpaired) electrons. The van der Waals surface area contributed by atoms with Gasteiger partial charge in [0.2, 0.25) is 5.91 Å². The maximum atomic E-state index is 11.8. The zero-order chi connectivity index (χ0) is 18.2. The van der Waals surface area contributed by atoms with Crippen LogP contribution in [0.2, 0.25) is 5.02 Å². The van der Waals surface area contributed by atoms with E-state index in [0.29, 0.717) is 22.1 Å². The fourth-order valence-electron chi connectivity index (χ4n) is 1.96. The minimum absolute atomic E-state index is 0.0197. The van der Waals surface area contributed by atoms with E-state index in [1.165, 1.54) is 23.9 Å². The van der Waals surface area contributed by atoms with Crippen molar-refractivity contribution in [2.24, 2.45) is 5.10 Å². The number of amides is 1. The van der Waals surface area contributed by atoms with Crippen LogP contribution in [0.5, 0.6) is 0 Å². The third kappa shape index (κ3) is 5.88. The molecule has 0 saturated carbocycles. The molecule has 8 heteroatoms.